The van der Waals surface area contributed by atoms with Gasteiger partial charge in [0.1, 0.15) is 66.9 Å². The van der Waals surface area contributed by atoms with Gasteiger partial charge in [-0.05, 0) is 240 Å². The predicted octanol–water partition coefficient (Wildman–Crippen LogP) is 19.7. The zero-order valence-corrected chi connectivity index (χ0v) is 66.1. The summed E-state index contributed by atoms with van der Waals surface area (Å²) >= 11 is 35.4. The summed E-state index contributed by atoms with van der Waals surface area (Å²) in [5, 5.41) is 47.6. The van der Waals surface area contributed by atoms with E-state index >= 15 is 0 Å². The van der Waals surface area contributed by atoms with Gasteiger partial charge in [-0.15, -0.1) is 42.2 Å². The van der Waals surface area contributed by atoms with Crippen molar-refractivity contribution in [3.63, 3.8) is 0 Å². The Bertz CT molecular complexity index is 5120. The fourth-order valence-corrected chi connectivity index (χ4v) is 10.8. The molecule has 14 rings (SSSR count). The van der Waals surface area contributed by atoms with Crippen molar-refractivity contribution in [1.29, 1.82) is 0 Å². The third-order valence-corrected chi connectivity index (χ3v) is 16.9. The molecule has 0 atom stereocenters. The summed E-state index contributed by atoms with van der Waals surface area (Å²) in [6.45, 7) is 13.0. The van der Waals surface area contributed by atoms with Gasteiger partial charge in [-0.2, -0.15) is 10.2 Å². The van der Waals surface area contributed by atoms with Gasteiger partial charge < -0.3 is 36.1 Å². The molecule has 0 amide bonds. The standard InChI is InChI=1S/C24H24ClN5O2.C19H16ClN5.C13H15ClN2O2.C11H9BrClN3.C7H5ClO.C4H4BrN3/c1-24(2,3)32-23(31)30-15-17(20-5-4-12-26-22(20)30)13-19-10-11-21(29-28-19)27-14-16-6-8-18(25)9-7-16;20-15-5-3-13(4-6-15)11-22-18-8-7-16(24-25-18)10-14-12-23-19-17(14)2-1-9-21-19;1-13(2,3)18-12(17)16-8-9(7-14)10-5-4-6-15-11(10)16;12-10-5-6-11(16-15-10)14-7-8-1-3-9(13)4-2-8;8-7-3-1-6(5-9)2-4-7;5-3-1-2-4(6)8-7-3/h4-12,15H,13-14H2,1-3H3,(H,27,29);1-9,12H,10-11H2,(H,21,23)(H,22,25);4-6,8H,7H2,1-3H3;1-6H,7H2,(H,14,16);1-5H;1-2H,(H2,6,8). The van der Waals surface area contributed by atoms with Crippen molar-refractivity contribution < 1.29 is 23.9 Å². The number of aromatic nitrogens is 14. The lowest BCUT2D eigenvalue weighted by Crippen LogP contribution is -2.26. The van der Waals surface area contributed by atoms with Gasteiger partial charge in [0.05, 0.1) is 11.4 Å². The number of aldehydes is 1. The smallest absolute Gasteiger partial charge is 0.420 e. The minimum Gasteiger partial charge on any atom is -0.443 e. The Morgan fingerprint density at radius 1 is 0.472 bits per heavy atom. The summed E-state index contributed by atoms with van der Waals surface area (Å²) in [5.41, 5.74) is 14.8. The van der Waals surface area contributed by atoms with Crippen LogP contribution in [0.1, 0.15) is 96.7 Å². The van der Waals surface area contributed by atoms with Crippen LogP contribution in [0.4, 0.5) is 32.9 Å². The van der Waals surface area contributed by atoms with Crippen LogP contribution in [0.15, 0.2) is 228 Å². The van der Waals surface area contributed by atoms with Crippen molar-refractivity contribution in [3.8, 4) is 0 Å². The third kappa shape index (κ3) is 26.2. The molecule has 0 spiro atoms. The molecule has 0 aliphatic carbocycles. The molecule has 30 heteroatoms. The number of benzene rings is 4. The minimum absolute atomic E-state index is 0.331. The Morgan fingerprint density at radius 2 is 0.861 bits per heavy atom. The van der Waals surface area contributed by atoms with Crippen LogP contribution in [-0.2, 0) is 47.8 Å². The highest BCUT2D eigenvalue weighted by Gasteiger charge is 2.23. The first-order valence-corrected chi connectivity index (χ1v) is 36.9. The maximum absolute atomic E-state index is 12.6. The number of anilines is 4. The third-order valence-electron chi connectivity index (χ3n) is 14.8. The van der Waals surface area contributed by atoms with Crippen molar-refractivity contribution >= 4 is 165 Å². The number of nitrogens with zero attached hydrogens (tertiary/aromatic N) is 13. The second kappa shape index (κ2) is 39.9. The molecule has 4 aromatic carbocycles. The molecule has 108 heavy (non-hydrogen) atoms. The molecule has 554 valence electrons. The first-order chi connectivity index (χ1) is 51.8. The zero-order chi connectivity index (χ0) is 77.2. The van der Waals surface area contributed by atoms with E-state index in [1.807, 2.05) is 187 Å². The molecule has 23 nitrogen and oxygen atoms in total. The number of H-pyrrole nitrogens is 1. The van der Waals surface area contributed by atoms with E-state index in [1.54, 1.807) is 67.4 Å². The van der Waals surface area contributed by atoms with Crippen molar-refractivity contribution in [2.75, 3.05) is 21.7 Å². The Labute approximate surface area is 665 Å². The van der Waals surface area contributed by atoms with Gasteiger partial charge in [-0.25, -0.2) is 33.7 Å². The van der Waals surface area contributed by atoms with Gasteiger partial charge in [-0.3, -0.25) is 4.79 Å². The second-order valence-corrected chi connectivity index (χ2v) is 29.0. The Hall–Kier alpha value is -10.5. The SMILES string of the molecule is CC(C)(C)OC(=O)n1cc(CCl)c2cccnc21.CC(C)(C)OC(=O)n1cc(Cc2ccc(NCc3ccc(Cl)cc3)nn2)c2cccnc21.Clc1ccc(CNc2ccc(Br)nn2)cc1.Clc1ccc(CNc2ccc(Cc3c[nH]c4ncccc34)nn2)cc1.Nc1ccc(Br)nn1.O=Cc1ccc(Cl)cc1. The van der Waals surface area contributed by atoms with Crippen LogP contribution in [0.25, 0.3) is 33.1 Å². The van der Waals surface area contributed by atoms with Gasteiger partial charge in [0.2, 0.25) is 0 Å². The van der Waals surface area contributed by atoms with Crippen LogP contribution in [0.2, 0.25) is 20.1 Å². The summed E-state index contributed by atoms with van der Waals surface area (Å²) in [6, 6.07) is 56.2. The van der Waals surface area contributed by atoms with E-state index in [0.29, 0.717) is 75.1 Å². The summed E-state index contributed by atoms with van der Waals surface area (Å²) in [7, 11) is 0. The molecule has 0 fully saturated rings. The topological polar surface area (TPSA) is 299 Å². The molecule has 10 aromatic heterocycles. The maximum Gasteiger partial charge on any atom is 0.420 e. The van der Waals surface area contributed by atoms with Crippen molar-refractivity contribution in [2.24, 2.45) is 0 Å². The first-order valence-electron chi connectivity index (χ1n) is 33.2. The molecule has 0 saturated carbocycles. The number of carbonyl (C=O) groups excluding carboxylic acids is 3. The highest BCUT2D eigenvalue weighted by atomic mass is 79.9. The molecule has 0 radical (unpaired) electrons. The lowest BCUT2D eigenvalue weighted by molar-refractivity contribution is 0.0532. The minimum atomic E-state index is -0.594. The number of hydrogen-bond donors (Lipinski definition) is 5. The van der Waals surface area contributed by atoms with Crippen LogP contribution >= 0.6 is 89.9 Å². The number of nitrogens with two attached hydrogens (primary N) is 1. The van der Waals surface area contributed by atoms with Crippen LogP contribution in [-0.4, -0.2) is 99.5 Å². The van der Waals surface area contributed by atoms with Gasteiger partial charge in [0.25, 0.3) is 0 Å². The number of nitrogens with one attached hydrogen (secondary N) is 4. The molecule has 14 aromatic rings. The number of fused-ring (bicyclic) bond motifs is 3. The van der Waals surface area contributed by atoms with Crippen LogP contribution in [0.5, 0.6) is 0 Å². The summed E-state index contributed by atoms with van der Waals surface area (Å²) < 4.78 is 15.1. The van der Waals surface area contributed by atoms with E-state index in [2.05, 4.69) is 115 Å². The summed E-state index contributed by atoms with van der Waals surface area (Å²) in [6.07, 6.45) is 11.6. The summed E-state index contributed by atoms with van der Waals surface area (Å²) in [4.78, 5) is 50.9. The Balaban J connectivity index is 0.000000158. The fourth-order valence-electron chi connectivity index (χ4n) is 9.71. The van der Waals surface area contributed by atoms with Crippen molar-refractivity contribution in [1.82, 2.24) is 69.9 Å². The molecule has 0 unspecified atom stereocenters. The van der Waals surface area contributed by atoms with Gasteiger partial charge >= 0.3 is 12.2 Å². The number of carbonyl (C=O) groups is 3. The molecule has 6 N–H and O–H groups in total. The molecular formula is C78H73Br2Cl5N18O5. The maximum atomic E-state index is 12.6. The number of ether oxygens (including phenoxy) is 2. The van der Waals surface area contributed by atoms with Crippen molar-refractivity contribution in [2.45, 2.75) is 91.1 Å². The average Bonchev–Trinajstić information content (AvgIpc) is 1.65. The quantitative estimate of drug-likeness (QED) is 0.0470. The van der Waals surface area contributed by atoms with E-state index < -0.39 is 23.4 Å². The second-order valence-electron chi connectivity index (χ2n) is 25.4. The normalized spacial score (nSPS) is 10.8. The van der Waals surface area contributed by atoms with E-state index in [-0.39, 0.29) is 0 Å². The highest BCUT2D eigenvalue weighted by Crippen LogP contribution is 2.26. The molecule has 10 heterocycles. The molecule has 0 aliphatic rings. The Kier molecular flexibility index (Phi) is 30.1. The average molecular weight is 1680 g/mol. The fraction of sp³-hybridized carbons (Fsp3) is 0.179. The first kappa shape index (κ1) is 81.6. The van der Waals surface area contributed by atoms with Crippen molar-refractivity contribution in [3.05, 3.63) is 299 Å². The van der Waals surface area contributed by atoms with Gasteiger partial charge in [0.15, 0.2) is 0 Å². The number of halogens is 7. The molecule has 0 bridgehead atoms. The van der Waals surface area contributed by atoms with Crippen LogP contribution in [0, 0.1) is 0 Å². The number of nitrogen functional groups attached to an aromatic ring is 1. The van der Waals surface area contributed by atoms with Crippen LogP contribution < -0.4 is 21.7 Å². The van der Waals surface area contributed by atoms with Gasteiger partial charge in [-0.1, -0.05) is 94.9 Å². The Morgan fingerprint density at radius 3 is 1.25 bits per heavy atom. The van der Waals surface area contributed by atoms with E-state index in [1.165, 1.54) is 14.7 Å². The lowest BCUT2D eigenvalue weighted by Gasteiger charge is -2.19. The molecule has 0 saturated heterocycles. The van der Waals surface area contributed by atoms with E-state index in [9.17, 15) is 14.4 Å². The number of rotatable bonds is 15. The number of alkyl halides is 1. The number of aromatic amines is 1. The number of pyridine rings is 3. The predicted molar refractivity (Wildman–Crippen MR) is 435 cm³/mol. The van der Waals surface area contributed by atoms with Crippen LogP contribution in [0.3, 0.4) is 0 Å². The van der Waals surface area contributed by atoms with Gasteiger partial charge in [0, 0.05) is 117 Å². The number of hydrogen-bond acceptors (Lipinski definition) is 20. The lowest BCUT2D eigenvalue weighted by atomic mass is 10.1. The zero-order valence-electron chi connectivity index (χ0n) is 59.2. The monoisotopic (exact) mass is 1670 g/mol. The highest BCUT2D eigenvalue weighted by molar-refractivity contribution is 9.10. The molecular weight excluding hydrogens is 1610 g/mol. The van der Waals surface area contributed by atoms with E-state index in [4.69, 9.17) is 73.2 Å². The largest absolute Gasteiger partial charge is 0.443 e. The molecule has 0 aliphatic heterocycles. The summed E-state index contributed by atoms with van der Waals surface area (Å²) in [5.74, 6) is 2.95. The van der Waals surface area contributed by atoms with E-state index in [0.717, 1.165) is 100 Å².